The number of amides is 1. The molecule has 5 N–H and O–H groups in total. The molecule has 0 aliphatic heterocycles. The molecule has 0 aliphatic rings. The topological polar surface area (TPSA) is 109 Å². The quantitative estimate of drug-likeness (QED) is 0.227. The highest BCUT2D eigenvalue weighted by atomic mass is 32.1. The number of hydrogen-bond acceptors (Lipinski definition) is 7. The predicted molar refractivity (Wildman–Crippen MR) is 142 cm³/mol. The number of fused-ring (bicyclic) bond motifs is 1. The minimum Gasteiger partial charge on any atom is -0.397 e. The van der Waals surface area contributed by atoms with Gasteiger partial charge in [-0.05, 0) is 55.1 Å². The van der Waals surface area contributed by atoms with Crippen molar-refractivity contribution in [3.63, 3.8) is 0 Å². The number of nitrogens with zero attached hydrogens (tertiary/aromatic N) is 3. The van der Waals surface area contributed by atoms with Gasteiger partial charge in [0, 0.05) is 29.7 Å². The average Bonchev–Trinajstić information content (AvgIpc) is 3.52. The standard InChI is InChI=1S/C26H25N7OS/c1-2-28-14-19-6-5-9-24-29-15-22(33(19)24)23-16-30-26(35-23)31-18-12-10-17(11-13-18)25(34)32-21-8-4-3-7-20(21)27/h3-13,15-16,28H,2,14,27H2,1H3,(H,30,31)(H,32,34). The number of nitrogens with one attached hydrogen (secondary N) is 3. The Bertz CT molecular complexity index is 1470. The third kappa shape index (κ3) is 4.86. The summed E-state index contributed by atoms with van der Waals surface area (Å²) < 4.78 is 2.16. The molecule has 9 heteroatoms. The molecule has 0 radical (unpaired) electrons. The maximum Gasteiger partial charge on any atom is 0.255 e. The molecule has 0 aliphatic carbocycles. The number of para-hydroxylation sites is 2. The van der Waals surface area contributed by atoms with Crippen LogP contribution in [-0.4, -0.2) is 26.8 Å². The number of carbonyl (C=O) groups excluding carboxylic acids is 1. The van der Waals surface area contributed by atoms with Gasteiger partial charge in [0.1, 0.15) is 5.65 Å². The maximum atomic E-state index is 12.6. The Morgan fingerprint density at radius 1 is 1.00 bits per heavy atom. The fourth-order valence-corrected chi connectivity index (χ4v) is 4.59. The minimum absolute atomic E-state index is 0.216. The second-order valence-corrected chi connectivity index (χ2v) is 8.94. The molecule has 0 saturated heterocycles. The van der Waals surface area contributed by atoms with Crippen molar-refractivity contribution in [3.05, 3.63) is 90.4 Å². The Morgan fingerprint density at radius 3 is 2.63 bits per heavy atom. The first-order valence-corrected chi connectivity index (χ1v) is 12.1. The fourth-order valence-electron chi connectivity index (χ4n) is 3.75. The fraction of sp³-hybridized carbons (Fsp3) is 0.115. The number of thiazole rings is 1. The maximum absolute atomic E-state index is 12.6. The van der Waals surface area contributed by atoms with Crippen LogP contribution in [0.2, 0.25) is 0 Å². The second-order valence-electron chi connectivity index (χ2n) is 7.91. The van der Waals surface area contributed by atoms with Gasteiger partial charge < -0.3 is 21.7 Å². The van der Waals surface area contributed by atoms with Gasteiger partial charge in [0.25, 0.3) is 5.91 Å². The van der Waals surface area contributed by atoms with Crippen LogP contribution in [0.5, 0.6) is 0 Å². The van der Waals surface area contributed by atoms with Crippen LogP contribution in [0.25, 0.3) is 16.2 Å². The number of anilines is 4. The second kappa shape index (κ2) is 9.96. The van der Waals surface area contributed by atoms with Crippen LogP contribution in [0, 0.1) is 0 Å². The zero-order valence-electron chi connectivity index (χ0n) is 19.2. The molecule has 0 fully saturated rings. The van der Waals surface area contributed by atoms with Gasteiger partial charge in [0.2, 0.25) is 0 Å². The summed E-state index contributed by atoms with van der Waals surface area (Å²) in [5, 5.41) is 10.3. The van der Waals surface area contributed by atoms with E-state index in [-0.39, 0.29) is 5.91 Å². The van der Waals surface area contributed by atoms with Crippen molar-refractivity contribution in [1.29, 1.82) is 0 Å². The minimum atomic E-state index is -0.216. The van der Waals surface area contributed by atoms with Crippen molar-refractivity contribution < 1.29 is 4.79 Å². The first kappa shape index (κ1) is 22.6. The van der Waals surface area contributed by atoms with Gasteiger partial charge in [0.15, 0.2) is 5.13 Å². The van der Waals surface area contributed by atoms with Crippen molar-refractivity contribution in [1.82, 2.24) is 19.7 Å². The van der Waals surface area contributed by atoms with Crippen molar-refractivity contribution >= 4 is 45.1 Å². The van der Waals surface area contributed by atoms with Crippen LogP contribution in [-0.2, 0) is 6.54 Å². The number of aromatic nitrogens is 3. The summed E-state index contributed by atoms with van der Waals surface area (Å²) in [4.78, 5) is 22.7. The number of nitrogen functional groups attached to an aromatic ring is 1. The number of imidazole rings is 1. The number of rotatable bonds is 8. The molecule has 3 heterocycles. The van der Waals surface area contributed by atoms with E-state index in [0.717, 1.165) is 45.8 Å². The Balaban J connectivity index is 1.31. The zero-order valence-corrected chi connectivity index (χ0v) is 20.0. The van der Waals surface area contributed by atoms with E-state index in [9.17, 15) is 4.79 Å². The number of benzene rings is 2. The van der Waals surface area contributed by atoms with E-state index in [0.29, 0.717) is 16.9 Å². The summed E-state index contributed by atoms with van der Waals surface area (Å²) in [6.45, 7) is 3.75. The summed E-state index contributed by atoms with van der Waals surface area (Å²) in [6, 6.07) is 20.6. The molecule has 35 heavy (non-hydrogen) atoms. The van der Waals surface area contributed by atoms with E-state index in [1.54, 1.807) is 35.6 Å². The summed E-state index contributed by atoms with van der Waals surface area (Å²) in [5.41, 5.74) is 11.5. The van der Waals surface area contributed by atoms with Crippen LogP contribution in [0.15, 0.2) is 79.1 Å². The highest BCUT2D eigenvalue weighted by molar-refractivity contribution is 7.18. The molecule has 5 rings (SSSR count). The SMILES string of the molecule is CCNCc1cccc2ncc(-c3cnc(Nc4ccc(C(=O)Nc5ccccc5N)cc4)s3)n12. The third-order valence-electron chi connectivity index (χ3n) is 5.53. The van der Waals surface area contributed by atoms with Gasteiger partial charge >= 0.3 is 0 Å². The zero-order chi connectivity index (χ0) is 24.2. The van der Waals surface area contributed by atoms with E-state index in [1.165, 1.54) is 0 Å². The summed E-state index contributed by atoms with van der Waals surface area (Å²) in [5.74, 6) is -0.216. The monoisotopic (exact) mass is 483 g/mol. The van der Waals surface area contributed by atoms with Gasteiger partial charge in [-0.25, -0.2) is 9.97 Å². The average molecular weight is 484 g/mol. The van der Waals surface area contributed by atoms with Gasteiger partial charge in [-0.1, -0.05) is 36.5 Å². The molecule has 0 saturated carbocycles. The highest BCUT2D eigenvalue weighted by Crippen LogP contribution is 2.32. The van der Waals surface area contributed by atoms with E-state index < -0.39 is 0 Å². The molecule has 0 atom stereocenters. The molecule has 0 bridgehead atoms. The molecule has 8 nitrogen and oxygen atoms in total. The molecular formula is C26H25N7OS. The Hall–Kier alpha value is -4.21. The Labute approximate surface area is 206 Å². The Morgan fingerprint density at radius 2 is 1.83 bits per heavy atom. The highest BCUT2D eigenvalue weighted by Gasteiger charge is 2.13. The van der Waals surface area contributed by atoms with Gasteiger partial charge in [0.05, 0.1) is 28.1 Å². The first-order chi connectivity index (χ1) is 17.1. The van der Waals surface area contributed by atoms with Crippen molar-refractivity contribution in [3.8, 4) is 10.6 Å². The summed E-state index contributed by atoms with van der Waals surface area (Å²) >= 11 is 1.55. The smallest absolute Gasteiger partial charge is 0.255 e. The normalized spacial score (nSPS) is 11.0. The lowest BCUT2D eigenvalue weighted by molar-refractivity contribution is 0.102. The van der Waals surface area contributed by atoms with Crippen LogP contribution >= 0.6 is 11.3 Å². The molecule has 0 spiro atoms. The number of carbonyl (C=O) groups is 1. The number of hydrogen-bond donors (Lipinski definition) is 4. The lowest BCUT2D eigenvalue weighted by atomic mass is 10.2. The van der Waals surface area contributed by atoms with E-state index >= 15 is 0 Å². The lowest BCUT2D eigenvalue weighted by Crippen LogP contribution is -2.14. The van der Waals surface area contributed by atoms with Crippen LogP contribution < -0.4 is 21.7 Å². The lowest BCUT2D eigenvalue weighted by Gasteiger charge is -2.09. The largest absolute Gasteiger partial charge is 0.397 e. The number of pyridine rings is 1. The van der Waals surface area contributed by atoms with Gasteiger partial charge in [-0.15, -0.1) is 0 Å². The number of nitrogens with two attached hydrogens (primary N) is 1. The Kier molecular flexibility index (Phi) is 6.42. The van der Waals surface area contributed by atoms with Crippen molar-refractivity contribution in [2.75, 3.05) is 22.9 Å². The van der Waals surface area contributed by atoms with E-state index in [2.05, 4.69) is 43.3 Å². The van der Waals surface area contributed by atoms with Crippen LogP contribution in [0.3, 0.4) is 0 Å². The molecule has 176 valence electrons. The third-order valence-corrected chi connectivity index (χ3v) is 6.47. The van der Waals surface area contributed by atoms with Crippen molar-refractivity contribution in [2.45, 2.75) is 13.5 Å². The molecule has 3 aromatic heterocycles. The van der Waals surface area contributed by atoms with Gasteiger partial charge in [-0.3, -0.25) is 9.20 Å². The molecule has 1 amide bonds. The molecule has 5 aromatic rings. The van der Waals surface area contributed by atoms with E-state index in [4.69, 9.17) is 5.73 Å². The van der Waals surface area contributed by atoms with Crippen LogP contribution in [0.4, 0.5) is 22.2 Å². The predicted octanol–water partition coefficient (Wildman–Crippen LogP) is 5.15. The summed E-state index contributed by atoms with van der Waals surface area (Å²) in [6.07, 6.45) is 3.74. The van der Waals surface area contributed by atoms with Gasteiger partial charge in [-0.2, -0.15) is 0 Å². The first-order valence-electron chi connectivity index (χ1n) is 11.3. The summed E-state index contributed by atoms with van der Waals surface area (Å²) in [7, 11) is 0. The van der Waals surface area contributed by atoms with Crippen LogP contribution in [0.1, 0.15) is 23.0 Å². The molecule has 0 unspecified atom stereocenters. The van der Waals surface area contributed by atoms with Crippen molar-refractivity contribution in [2.24, 2.45) is 0 Å². The van der Waals surface area contributed by atoms with E-state index in [1.807, 2.05) is 48.8 Å². The molecule has 2 aromatic carbocycles. The molecular weight excluding hydrogens is 458 g/mol.